The fraction of sp³-hybridized carbons (Fsp3) is 0.333. The second-order valence-corrected chi connectivity index (χ2v) is 4.04. The molecule has 0 bridgehead atoms. The van der Waals surface area contributed by atoms with Gasteiger partial charge in [-0.3, -0.25) is 4.79 Å². The van der Waals surface area contributed by atoms with Gasteiger partial charge in [0, 0.05) is 5.69 Å². The SMILES string of the molecule is Cc1ccc(C)c(NC(=O)C(C)NC(N)=O)c1. The maximum atomic E-state index is 11.7. The van der Waals surface area contributed by atoms with E-state index >= 15 is 0 Å². The zero-order chi connectivity index (χ0) is 13.0. The summed E-state index contributed by atoms with van der Waals surface area (Å²) in [6.45, 7) is 5.42. The molecule has 0 radical (unpaired) electrons. The Kier molecular flexibility index (Phi) is 4.09. The van der Waals surface area contributed by atoms with Crippen LogP contribution in [0.25, 0.3) is 0 Å². The van der Waals surface area contributed by atoms with E-state index in [1.165, 1.54) is 0 Å². The van der Waals surface area contributed by atoms with E-state index in [9.17, 15) is 9.59 Å². The van der Waals surface area contributed by atoms with Crippen molar-refractivity contribution in [1.82, 2.24) is 5.32 Å². The first-order chi connectivity index (χ1) is 7.90. The highest BCUT2D eigenvalue weighted by Crippen LogP contribution is 2.16. The Hall–Kier alpha value is -2.04. The van der Waals surface area contributed by atoms with E-state index in [2.05, 4.69) is 10.6 Å². The standard InChI is InChI=1S/C12H17N3O2/c1-7-4-5-8(2)10(6-7)15-11(16)9(3)14-12(13)17/h4-6,9H,1-3H3,(H,15,16)(H3,13,14,17). The number of carbonyl (C=O) groups is 2. The van der Waals surface area contributed by atoms with Gasteiger partial charge >= 0.3 is 6.03 Å². The van der Waals surface area contributed by atoms with Gasteiger partial charge in [-0.1, -0.05) is 12.1 Å². The Balaban J connectivity index is 2.73. The largest absolute Gasteiger partial charge is 0.352 e. The van der Waals surface area contributed by atoms with Gasteiger partial charge in [0.25, 0.3) is 0 Å². The van der Waals surface area contributed by atoms with Crippen LogP contribution in [0.5, 0.6) is 0 Å². The fourth-order valence-electron chi connectivity index (χ4n) is 1.39. The molecule has 1 aromatic rings. The third kappa shape index (κ3) is 3.79. The number of benzene rings is 1. The summed E-state index contributed by atoms with van der Waals surface area (Å²) in [7, 11) is 0. The summed E-state index contributed by atoms with van der Waals surface area (Å²) in [6, 6.07) is 4.40. The highest BCUT2D eigenvalue weighted by molar-refractivity contribution is 5.97. The van der Waals surface area contributed by atoms with Crippen molar-refractivity contribution in [3.8, 4) is 0 Å². The van der Waals surface area contributed by atoms with Gasteiger partial charge in [-0.2, -0.15) is 0 Å². The zero-order valence-corrected chi connectivity index (χ0v) is 10.2. The number of nitrogens with one attached hydrogen (secondary N) is 2. The van der Waals surface area contributed by atoms with Crippen LogP contribution in [0, 0.1) is 13.8 Å². The number of aryl methyl sites for hydroxylation is 2. The molecule has 0 saturated carbocycles. The van der Waals surface area contributed by atoms with Crippen LogP contribution in [0.2, 0.25) is 0 Å². The number of rotatable bonds is 3. The molecular formula is C12H17N3O2. The third-order valence-electron chi connectivity index (χ3n) is 2.40. The molecule has 4 N–H and O–H groups in total. The molecule has 0 aromatic heterocycles. The molecule has 0 fully saturated rings. The number of amides is 3. The summed E-state index contributed by atoms with van der Waals surface area (Å²) >= 11 is 0. The monoisotopic (exact) mass is 235 g/mol. The van der Waals surface area contributed by atoms with Crippen molar-refractivity contribution in [3.63, 3.8) is 0 Å². The molecule has 0 aliphatic heterocycles. The van der Waals surface area contributed by atoms with Crippen molar-refractivity contribution in [1.29, 1.82) is 0 Å². The normalized spacial score (nSPS) is 11.7. The summed E-state index contributed by atoms with van der Waals surface area (Å²) < 4.78 is 0. The predicted molar refractivity (Wildman–Crippen MR) is 66.7 cm³/mol. The first-order valence-electron chi connectivity index (χ1n) is 5.34. The van der Waals surface area contributed by atoms with Crippen LogP contribution in [-0.4, -0.2) is 18.0 Å². The molecule has 1 rings (SSSR count). The minimum atomic E-state index is -0.714. The Labute approximate surface area is 100 Å². The number of anilines is 1. The second kappa shape index (κ2) is 5.34. The van der Waals surface area contributed by atoms with E-state index in [0.717, 1.165) is 16.8 Å². The molecule has 92 valence electrons. The molecule has 0 aliphatic carbocycles. The van der Waals surface area contributed by atoms with Gasteiger partial charge < -0.3 is 16.4 Å². The summed E-state index contributed by atoms with van der Waals surface area (Å²) in [5, 5.41) is 5.07. The molecule has 0 spiro atoms. The lowest BCUT2D eigenvalue weighted by atomic mass is 10.1. The van der Waals surface area contributed by atoms with Crippen molar-refractivity contribution < 1.29 is 9.59 Å². The first kappa shape index (κ1) is 13.0. The van der Waals surface area contributed by atoms with Crippen LogP contribution in [0.3, 0.4) is 0 Å². The maximum Gasteiger partial charge on any atom is 0.312 e. The molecule has 0 heterocycles. The molecule has 5 nitrogen and oxygen atoms in total. The molecule has 0 aliphatic rings. The van der Waals surface area contributed by atoms with E-state index in [1.807, 2.05) is 32.0 Å². The lowest BCUT2D eigenvalue weighted by Crippen LogP contribution is -2.44. The number of carbonyl (C=O) groups excluding carboxylic acids is 2. The van der Waals surface area contributed by atoms with E-state index in [-0.39, 0.29) is 5.91 Å². The zero-order valence-electron chi connectivity index (χ0n) is 10.2. The first-order valence-corrected chi connectivity index (χ1v) is 5.34. The van der Waals surface area contributed by atoms with Crippen molar-refractivity contribution in [2.24, 2.45) is 5.73 Å². The van der Waals surface area contributed by atoms with Gasteiger partial charge in [-0.05, 0) is 38.0 Å². The Morgan fingerprint density at radius 2 is 1.94 bits per heavy atom. The van der Waals surface area contributed by atoms with E-state index < -0.39 is 12.1 Å². The summed E-state index contributed by atoms with van der Waals surface area (Å²) in [4.78, 5) is 22.3. The van der Waals surface area contributed by atoms with E-state index in [0.29, 0.717) is 0 Å². The van der Waals surface area contributed by atoms with Gasteiger partial charge in [0.2, 0.25) is 5.91 Å². The van der Waals surface area contributed by atoms with E-state index in [1.54, 1.807) is 6.92 Å². The lowest BCUT2D eigenvalue weighted by Gasteiger charge is -2.14. The molecule has 17 heavy (non-hydrogen) atoms. The summed E-state index contributed by atoms with van der Waals surface area (Å²) in [6.07, 6.45) is 0. The summed E-state index contributed by atoms with van der Waals surface area (Å²) in [5.41, 5.74) is 7.72. The Bertz CT molecular complexity index is 443. The summed E-state index contributed by atoms with van der Waals surface area (Å²) in [5.74, 6) is -0.294. The maximum absolute atomic E-state index is 11.7. The van der Waals surface area contributed by atoms with Gasteiger partial charge in [-0.25, -0.2) is 4.79 Å². The van der Waals surface area contributed by atoms with Crippen LogP contribution in [0.1, 0.15) is 18.1 Å². The van der Waals surface area contributed by atoms with Gasteiger partial charge in [0.15, 0.2) is 0 Å². The second-order valence-electron chi connectivity index (χ2n) is 4.04. The highest BCUT2D eigenvalue weighted by atomic mass is 16.2. The number of hydrogen-bond acceptors (Lipinski definition) is 2. The van der Waals surface area contributed by atoms with Crippen LogP contribution < -0.4 is 16.4 Å². The number of urea groups is 1. The van der Waals surface area contributed by atoms with Gasteiger partial charge in [0.05, 0.1) is 0 Å². The Morgan fingerprint density at radius 3 is 2.53 bits per heavy atom. The average Bonchev–Trinajstić information content (AvgIpc) is 2.22. The minimum absolute atomic E-state index is 0.294. The highest BCUT2D eigenvalue weighted by Gasteiger charge is 2.14. The quantitative estimate of drug-likeness (QED) is 0.737. The molecule has 1 aromatic carbocycles. The average molecular weight is 235 g/mol. The molecule has 0 saturated heterocycles. The molecule has 1 unspecified atom stereocenters. The van der Waals surface area contributed by atoms with Gasteiger partial charge in [-0.15, -0.1) is 0 Å². The topological polar surface area (TPSA) is 84.2 Å². The molecule has 1 atom stereocenters. The molecule has 5 heteroatoms. The van der Waals surface area contributed by atoms with Crippen LogP contribution in [0.15, 0.2) is 18.2 Å². The van der Waals surface area contributed by atoms with Crippen molar-refractivity contribution in [2.75, 3.05) is 5.32 Å². The van der Waals surface area contributed by atoms with E-state index in [4.69, 9.17) is 5.73 Å². The van der Waals surface area contributed by atoms with Crippen molar-refractivity contribution >= 4 is 17.6 Å². The number of nitrogens with two attached hydrogens (primary N) is 1. The van der Waals surface area contributed by atoms with Crippen molar-refractivity contribution in [3.05, 3.63) is 29.3 Å². The smallest absolute Gasteiger partial charge is 0.312 e. The fourth-order valence-corrected chi connectivity index (χ4v) is 1.39. The van der Waals surface area contributed by atoms with Crippen LogP contribution in [-0.2, 0) is 4.79 Å². The van der Waals surface area contributed by atoms with Crippen LogP contribution >= 0.6 is 0 Å². The van der Waals surface area contributed by atoms with Crippen molar-refractivity contribution in [2.45, 2.75) is 26.8 Å². The van der Waals surface area contributed by atoms with Gasteiger partial charge in [0.1, 0.15) is 6.04 Å². The third-order valence-corrected chi connectivity index (χ3v) is 2.40. The molecule has 3 amide bonds. The lowest BCUT2D eigenvalue weighted by molar-refractivity contribution is -0.117. The molecular weight excluding hydrogens is 218 g/mol. The number of hydrogen-bond donors (Lipinski definition) is 3. The predicted octanol–water partition coefficient (Wildman–Crippen LogP) is 1.30. The number of primary amides is 1. The minimum Gasteiger partial charge on any atom is -0.352 e. The van der Waals surface area contributed by atoms with Crippen LogP contribution in [0.4, 0.5) is 10.5 Å². The Morgan fingerprint density at radius 1 is 1.29 bits per heavy atom.